The van der Waals surface area contributed by atoms with Crippen molar-refractivity contribution in [1.82, 2.24) is 0 Å². The van der Waals surface area contributed by atoms with Gasteiger partial charge in [-0.3, -0.25) is 0 Å². The molecule has 1 unspecified atom stereocenters. The van der Waals surface area contributed by atoms with Crippen LogP contribution in [0.1, 0.15) is 22.8 Å². The van der Waals surface area contributed by atoms with Crippen LogP contribution in [0.3, 0.4) is 0 Å². The van der Waals surface area contributed by atoms with Gasteiger partial charge in [0.05, 0.1) is 17.7 Å². The lowest BCUT2D eigenvalue weighted by molar-refractivity contribution is 0.177. The molecule has 0 amide bonds. The summed E-state index contributed by atoms with van der Waals surface area (Å²) in [6.07, 6.45) is -0.307. The Morgan fingerprint density at radius 2 is 2.00 bits per heavy atom. The zero-order valence-electron chi connectivity index (χ0n) is 11.4. The molecule has 0 fully saturated rings. The number of ether oxygens (including phenoxy) is 1. The lowest BCUT2D eigenvalue weighted by Gasteiger charge is -2.15. The maximum absolute atomic E-state index is 13.3. The van der Waals surface area contributed by atoms with Crippen LogP contribution >= 0.6 is 15.9 Å². The smallest absolute Gasteiger partial charge is 0.133 e. The Hall–Kier alpha value is -1.39. The van der Waals surface area contributed by atoms with Crippen molar-refractivity contribution in [2.24, 2.45) is 0 Å². The highest BCUT2D eigenvalue weighted by Gasteiger charge is 2.13. The Labute approximate surface area is 126 Å². The molecule has 0 aliphatic carbocycles. The van der Waals surface area contributed by atoms with E-state index in [1.54, 1.807) is 13.2 Å². The molecule has 0 radical (unpaired) electrons. The number of aryl methyl sites for hydroxylation is 1. The van der Waals surface area contributed by atoms with Crippen LogP contribution in [0.4, 0.5) is 4.39 Å². The lowest BCUT2D eigenvalue weighted by atomic mass is 9.97. The molecule has 0 saturated carbocycles. The third-order valence-electron chi connectivity index (χ3n) is 3.25. The fourth-order valence-corrected chi connectivity index (χ4v) is 2.73. The summed E-state index contributed by atoms with van der Waals surface area (Å²) < 4.78 is 19.3. The van der Waals surface area contributed by atoms with Gasteiger partial charge < -0.3 is 9.84 Å². The number of aliphatic hydroxyl groups excluding tert-OH is 1. The molecule has 2 rings (SSSR count). The number of benzene rings is 2. The topological polar surface area (TPSA) is 29.5 Å². The summed E-state index contributed by atoms with van der Waals surface area (Å²) in [5, 5.41) is 10.3. The molecule has 0 saturated heterocycles. The van der Waals surface area contributed by atoms with E-state index in [4.69, 9.17) is 4.74 Å². The summed E-state index contributed by atoms with van der Waals surface area (Å²) >= 11 is 3.41. The van der Waals surface area contributed by atoms with Crippen molar-refractivity contribution in [3.05, 3.63) is 63.4 Å². The van der Waals surface area contributed by atoms with Crippen LogP contribution in [-0.2, 0) is 6.42 Å². The zero-order chi connectivity index (χ0) is 14.7. The van der Waals surface area contributed by atoms with E-state index in [0.717, 1.165) is 21.3 Å². The van der Waals surface area contributed by atoms with Crippen molar-refractivity contribution in [3.8, 4) is 5.75 Å². The minimum atomic E-state index is -0.731. The normalized spacial score (nSPS) is 12.2. The molecule has 0 aliphatic rings. The van der Waals surface area contributed by atoms with E-state index >= 15 is 0 Å². The van der Waals surface area contributed by atoms with Crippen LogP contribution in [-0.4, -0.2) is 12.2 Å². The van der Waals surface area contributed by atoms with Crippen LogP contribution < -0.4 is 4.74 Å². The first-order chi connectivity index (χ1) is 9.51. The molecular formula is C16H16BrFO2. The highest BCUT2D eigenvalue weighted by molar-refractivity contribution is 9.10. The zero-order valence-corrected chi connectivity index (χ0v) is 12.9. The average Bonchev–Trinajstić information content (AvgIpc) is 2.41. The Morgan fingerprint density at radius 3 is 2.65 bits per heavy atom. The quantitative estimate of drug-likeness (QED) is 0.905. The largest absolute Gasteiger partial charge is 0.496 e. The number of halogens is 2. The number of hydrogen-bond acceptors (Lipinski definition) is 2. The number of aliphatic hydroxyl groups is 1. The number of rotatable bonds is 4. The second-order valence-electron chi connectivity index (χ2n) is 4.69. The second kappa shape index (κ2) is 6.37. The Bertz CT molecular complexity index is 613. The summed E-state index contributed by atoms with van der Waals surface area (Å²) in [6, 6.07) is 10.1. The lowest BCUT2D eigenvalue weighted by Crippen LogP contribution is -2.04. The van der Waals surface area contributed by atoms with Crippen molar-refractivity contribution in [1.29, 1.82) is 0 Å². The molecule has 0 aromatic heterocycles. The van der Waals surface area contributed by atoms with Crippen LogP contribution in [0.5, 0.6) is 5.75 Å². The van der Waals surface area contributed by atoms with E-state index in [9.17, 15) is 9.50 Å². The average molecular weight is 339 g/mol. The standard InChI is InChI=1S/C16H16BrFO2/c1-10-3-5-12(18)9-13(10)15(19)8-11-4-6-16(20-2)14(17)7-11/h3-7,9,15,19H,8H2,1-2H3. The van der Waals surface area contributed by atoms with E-state index in [2.05, 4.69) is 15.9 Å². The summed E-state index contributed by atoms with van der Waals surface area (Å²) in [6.45, 7) is 1.86. The predicted octanol–water partition coefficient (Wildman–Crippen LogP) is 4.18. The van der Waals surface area contributed by atoms with Gasteiger partial charge in [-0.1, -0.05) is 12.1 Å². The van der Waals surface area contributed by atoms with Crippen LogP contribution in [0, 0.1) is 12.7 Å². The first-order valence-corrected chi connectivity index (χ1v) is 7.07. The molecule has 1 atom stereocenters. The van der Waals surface area contributed by atoms with Crippen molar-refractivity contribution >= 4 is 15.9 Å². The fraction of sp³-hybridized carbons (Fsp3) is 0.250. The first-order valence-electron chi connectivity index (χ1n) is 6.28. The van der Waals surface area contributed by atoms with E-state index in [1.165, 1.54) is 12.1 Å². The molecule has 0 spiro atoms. The molecule has 0 aliphatic heterocycles. The molecule has 106 valence electrons. The Kier molecular flexibility index (Phi) is 4.78. The number of methoxy groups -OCH3 is 1. The molecule has 0 bridgehead atoms. The molecule has 0 heterocycles. The Morgan fingerprint density at radius 1 is 1.25 bits per heavy atom. The van der Waals surface area contributed by atoms with Crippen LogP contribution in [0.25, 0.3) is 0 Å². The van der Waals surface area contributed by atoms with E-state index in [-0.39, 0.29) is 5.82 Å². The second-order valence-corrected chi connectivity index (χ2v) is 5.54. The van der Waals surface area contributed by atoms with Crippen molar-refractivity contribution in [2.45, 2.75) is 19.4 Å². The van der Waals surface area contributed by atoms with Gasteiger partial charge in [-0.2, -0.15) is 0 Å². The van der Waals surface area contributed by atoms with E-state index < -0.39 is 6.10 Å². The summed E-state index contributed by atoms with van der Waals surface area (Å²) in [7, 11) is 1.60. The number of hydrogen-bond donors (Lipinski definition) is 1. The summed E-state index contributed by atoms with van der Waals surface area (Å²) in [5.41, 5.74) is 2.46. The van der Waals surface area contributed by atoms with Crippen LogP contribution in [0.15, 0.2) is 40.9 Å². The van der Waals surface area contributed by atoms with Gasteiger partial charge in [-0.15, -0.1) is 0 Å². The molecule has 4 heteroatoms. The van der Waals surface area contributed by atoms with E-state index in [0.29, 0.717) is 12.0 Å². The highest BCUT2D eigenvalue weighted by atomic mass is 79.9. The molecule has 1 N–H and O–H groups in total. The monoisotopic (exact) mass is 338 g/mol. The van der Waals surface area contributed by atoms with Gasteiger partial charge in [0.25, 0.3) is 0 Å². The van der Waals surface area contributed by atoms with E-state index in [1.807, 2.05) is 25.1 Å². The molecular weight excluding hydrogens is 323 g/mol. The van der Waals surface area contributed by atoms with Crippen molar-refractivity contribution in [3.63, 3.8) is 0 Å². The highest BCUT2D eigenvalue weighted by Crippen LogP contribution is 2.28. The van der Waals surface area contributed by atoms with Gasteiger partial charge >= 0.3 is 0 Å². The van der Waals surface area contributed by atoms with Crippen LogP contribution in [0.2, 0.25) is 0 Å². The molecule has 2 nitrogen and oxygen atoms in total. The minimum absolute atomic E-state index is 0.333. The van der Waals surface area contributed by atoms with Gasteiger partial charge in [0, 0.05) is 6.42 Å². The first kappa shape index (κ1) is 15.0. The third-order valence-corrected chi connectivity index (χ3v) is 3.87. The predicted molar refractivity (Wildman–Crippen MR) is 80.5 cm³/mol. The summed E-state index contributed by atoms with van der Waals surface area (Å²) in [4.78, 5) is 0. The van der Waals surface area contributed by atoms with Gasteiger partial charge in [0.2, 0.25) is 0 Å². The van der Waals surface area contributed by atoms with Gasteiger partial charge in [-0.25, -0.2) is 4.39 Å². The fourth-order valence-electron chi connectivity index (χ4n) is 2.14. The van der Waals surface area contributed by atoms with Gasteiger partial charge in [-0.05, 0) is 63.8 Å². The molecule has 2 aromatic carbocycles. The Balaban J connectivity index is 2.21. The molecule has 20 heavy (non-hydrogen) atoms. The third kappa shape index (κ3) is 3.38. The van der Waals surface area contributed by atoms with Crippen molar-refractivity contribution < 1.29 is 14.2 Å². The SMILES string of the molecule is COc1ccc(CC(O)c2cc(F)ccc2C)cc1Br. The van der Waals surface area contributed by atoms with Crippen molar-refractivity contribution in [2.75, 3.05) is 7.11 Å². The summed E-state index contributed by atoms with van der Waals surface area (Å²) in [5.74, 6) is 0.408. The van der Waals surface area contributed by atoms with Gasteiger partial charge in [0.1, 0.15) is 11.6 Å². The maximum atomic E-state index is 13.3. The molecule has 2 aromatic rings. The van der Waals surface area contributed by atoms with Gasteiger partial charge in [0.15, 0.2) is 0 Å². The minimum Gasteiger partial charge on any atom is -0.496 e. The maximum Gasteiger partial charge on any atom is 0.133 e.